The van der Waals surface area contributed by atoms with Crippen LogP contribution in [0.1, 0.15) is 38.2 Å². The second-order valence-corrected chi connectivity index (χ2v) is 8.22. The summed E-state index contributed by atoms with van der Waals surface area (Å²) in [7, 11) is 0. The SMILES string of the molecule is Cc1ccc(Cl)cc1N1CC[NH+](CC(=O)N[C@H]2CCCC[C@H]2C)CC1. The molecule has 1 saturated carbocycles. The number of anilines is 1. The van der Waals surface area contributed by atoms with Crippen LogP contribution in [-0.4, -0.2) is 44.7 Å². The number of piperazine rings is 1. The average Bonchev–Trinajstić information content (AvgIpc) is 2.60. The maximum Gasteiger partial charge on any atom is 0.275 e. The minimum atomic E-state index is 0.223. The standard InChI is InChI=1S/C20H30ClN3O/c1-15-5-3-4-6-18(15)22-20(25)14-23-9-11-24(12-10-23)19-13-17(21)8-7-16(19)2/h7-8,13,15,18H,3-6,9-12,14H2,1-2H3,(H,22,25)/p+1/t15-,18+/m1/s1. The molecule has 1 aromatic rings. The number of carbonyl (C=O) groups is 1. The topological polar surface area (TPSA) is 36.8 Å². The van der Waals surface area contributed by atoms with E-state index in [2.05, 4.69) is 36.2 Å². The smallest absolute Gasteiger partial charge is 0.275 e. The summed E-state index contributed by atoms with van der Waals surface area (Å²) in [5.74, 6) is 0.844. The van der Waals surface area contributed by atoms with Gasteiger partial charge in [0.2, 0.25) is 0 Å². The fourth-order valence-electron chi connectivity index (χ4n) is 4.18. The summed E-state index contributed by atoms with van der Waals surface area (Å²) in [5, 5.41) is 4.07. The molecule has 4 nitrogen and oxygen atoms in total. The van der Waals surface area contributed by atoms with Crippen LogP contribution in [0.4, 0.5) is 5.69 Å². The van der Waals surface area contributed by atoms with Crippen molar-refractivity contribution in [3.8, 4) is 0 Å². The molecule has 0 radical (unpaired) electrons. The molecule has 2 fully saturated rings. The van der Waals surface area contributed by atoms with Crippen molar-refractivity contribution in [1.82, 2.24) is 5.32 Å². The van der Waals surface area contributed by atoms with Gasteiger partial charge in [-0.3, -0.25) is 4.79 Å². The number of quaternary nitrogens is 1. The van der Waals surface area contributed by atoms with Crippen LogP contribution in [0.15, 0.2) is 18.2 Å². The molecule has 0 aromatic heterocycles. The van der Waals surface area contributed by atoms with Gasteiger partial charge in [0.15, 0.2) is 6.54 Å². The molecule has 25 heavy (non-hydrogen) atoms. The van der Waals surface area contributed by atoms with E-state index in [9.17, 15) is 4.79 Å². The van der Waals surface area contributed by atoms with Crippen molar-refractivity contribution in [2.75, 3.05) is 37.6 Å². The molecule has 1 aliphatic carbocycles. The van der Waals surface area contributed by atoms with Gasteiger partial charge in [-0.25, -0.2) is 0 Å². The largest absolute Gasteiger partial charge is 0.360 e. The molecule has 0 bridgehead atoms. The molecule has 1 heterocycles. The second-order valence-electron chi connectivity index (χ2n) is 7.78. The molecule has 2 atom stereocenters. The van der Waals surface area contributed by atoms with E-state index in [1.165, 1.54) is 35.4 Å². The normalized spacial score (nSPS) is 25.0. The maximum atomic E-state index is 12.4. The Balaban J connectivity index is 1.47. The molecule has 2 N–H and O–H groups in total. The van der Waals surface area contributed by atoms with E-state index in [4.69, 9.17) is 11.6 Å². The Hall–Kier alpha value is -1.26. The van der Waals surface area contributed by atoms with Crippen LogP contribution in [0.25, 0.3) is 0 Å². The monoisotopic (exact) mass is 364 g/mol. The van der Waals surface area contributed by atoms with Gasteiger partial charge >= 0.3 is 0 Å². The van der Waals surface area contributed by atoms with Gasteiger partial charge in [-0.05, 0) is 43.4 Å². The Labute approximate surface area is 156 Å². The van der Waals surface area contributed by atoms with Crippen molar-refractivity contribution in [1.29, 1.82) is 0 Å². The number of amides is 1. The Morgan fingerprint density at radius 3 is 2.72 bits per heavy atom. The lowest BCUT2D eigenvalue weighted by molar-refractivity contribution is -0.892. The molecule has 1 aromatic carbocycles. The minimum absolute atomic E-state index is 0.223. The number of benzene rings is 1. The molecule has 2 aliphatic rings. The summed E-state index contributed by atoms with van der Waals surface area (Å²) >= 11 is 6.15. The fraction of sp³-hybridized carbons (Fsp3) is 0.650. The number of nitrogens with zero attached hydrogens (tertiary/aromatic N) is 1. The fourth-order valence-corrected chi connectivity index (χ4v) is 4.35. The zero-order chi connectivity index (χ0) is 17.8. The summed E-state index contributed by atoms with van der Waals surface area (Å²) < 4.78 is 0. The molecule has 0 unspecified atom stereocenters. The summed E-state index contributed by atoms with van der Waals surface area (Å²) in [6.07, 6.45) is 4.95. The van der Waals surface area contributed by atoms with E-state index >= 15 is 0 Å². The van der Waals surface area contributed by atoms with Crippen LogP contribution in [0.2, 0.25) is 5.02 Å². The number of aryl methyl sites for hydroxylation is 1. The average molecular weight is 365 g/mol. The first kappa shape index (κ1) is 18.5. The first-order valence-corrected chi connectivity index (χ1v) is 10.0. The Kier molecular flexibility index (Phi) is 6.24. The van der Waals surface area contributed by atoms with Crippen molar-refractivity contribution in [3.63, 3.8) is 0 Å². The molecule has 0 spiro atoms. The van der Waals surface area contributed by atoms with E-state index in [1.807, 2.05) is 6.07 Å². The molecule has 1 amide bonds. The van der Waals surface area contributed by atoms with Crippen LogP contribution >= 0.6 is 11.6 Å². The van der Waals surface area contributed by atoms with Gasteiger partial charge in [0.1, 0.15) is 0 Å². The van der Waals surface area contributed by atoms with Gasteiger partial charge in [0.25, 0.3) is 5.91 Å². The van der Waals surface area contributed by atoms with Gasteiger partial charge in [-0.1, -0.05) is 37.4 Å². The lowest BCUT2D eigenvalue weighted by atomic mass is 9.86. The molecule has 5 heteroatoms. The summed E-state index contributed by atoms with van der Waals surface area (Å²) in [6, 6.07) is 6.46. The highest BCUT2D eigenvalue weighted by atomic mass is 35.5. The lowest BCUT2D eigenvalue weighted by Gasteiger charge is -2.35. The Morgan fingerprint density at radius 1 is 1.28 bits per heavy atom. The molecular weight excluding hydrogens is 334 g/mol. The van der Waals surface area contributed by atoms with Crippen molar-refractivity contribution < 1.29 is 9.69 Å². The van der Waals surface area contributed by atoms with Crippen LogP contribution < -0.4 is 15.1 Å². The number of hydrogen-bond donors (Lipinski definition) is 2. The van der Waals surface area contributed by atoms with E-state index < -0.39 is 0 Å². The van der Waals surface area contributed by atoms with Crippen molar-refractivity contribution in [2.24, 2.45) is 5.92 Å². The van der Waals surface area contributed by atoms with Crippen molar-refractivity contribution in [3.05, 3.63) is 28.8 Å². The zero-order valence-corrected chi connectivity index (χ0v) is 16.2. The highest BCUT2D eigenvalue weighted by Crippen LogP contribution is 2.24. The highest BCUT2D eigenvalue weighted by Gasteiger charge is 2.26. The van der Waals surface area contributed by atoms with Gasteiger partial charge in [0, 0.05) is 16.8 Å². The number of rotatable bonds is 4. The summed E-state index contributed by atoms with van der Waals surface area (Å²) in [4.78, 5) is 16.2. The molecule has 1 saturated heterocycles. The first-order chi connectivity index (χ1) is 12.0. The van der Waals surface area contributed by atoms with Crippen molar-refractivity contribution >= 4 is 23.2 Å². The second kappa shape index (κ2) is 8.41. The van der Waals surface area contributed by atoms with Gasteiger partial charge in [-0.2, -0.15) is 0 Å². The summed E-state index contributed by atoms with van der Waals surface area (Å²) in [6.45, 7) is 8.95. The number of nitrogens with one attached hydrogen (secondary N) is 2. The lowest BCUT2D eigenvalue weighted by Crippen LogP contribution is -3.16. The van der Waals surface area contributed by atoms with E-state index in [1.54, 1.807) is 0 Å². The quantitative estimate of drug-likeness (QED) is 0.858. The molecular formula is C20H31ClN3O+. The number of halogens is 1. The minimum Gasteiger partial charge on any atom is -0.360 e. The maximum absolute atomic E-state index is 12.4. The third-order valence-corrected chi connectivity index (χ3v) is 6.09. The summed E-state index contributed by atoms with van der Waals surface area (Å²) in [5.41, 5.74) is 2.49. The van der Waals surface area contributed by atoms with Crippen LogP contribution in [0, 0.1) is 12.8 Å². The van der Waals surface area contributed by atoms with E-state index in [0.29, 0.717) is 18.5 Å². The number of carbonyl (C=O) groups excluding carboxylic acids is 1. The third-order valence-electron chi connectivity index (χ3n) is 5.85. The Morgan fingerprint density at radius 2 is 2.00 bits per heavy atom. The van der Waals surface area contributed by atoms with Gasteiger partial charge in [0.05, 0.1) is 26.2 Å². The molecule has 1 aliphatic heterocycles. The zero-order valence-electron chi connectivity index (χ0n) is 15.5. The molecule has 138 valence electrons. The van der Waals surface area contributed by atoms with E-state index in [-0.39, 0.29) is 5.91 Å². The first-order valence-electron chi connectivity index (χ1n) is 9.67. The molecule has 3 rings (SSSR count). The van der Waals surface area contributed by atoms with Gasteiger partial charge in [-0.15, -0.1) is 0 Å². The predicted molar refractivity (Wildman–Crippen MR) is 104 cm³/mol. The number of hydrogen-bond acceptors (Lipinski definition) is 2. The third kappa shape index (κ3) is 4.89. The highest BCUT2D eigenvalue weighted by molar-refractivity contribution is 6.30. The van der Waals surface area contributed by atoms with Crippen molar-refractivity contribution in [2.45, 2.75) is 45.6 Å². The van der Waals surface area contributed by atoms with Crippen LogP contribution in [0.3, 0.4) is 0 Å². The van der Waals surface area contributed by atoms with Gasteiger partial charge < -0.3 is 15.1 Å². The van der Waals surface area contributed by atoms with Crippen LogP contribution in [0.5, 0.6) is 0 Å². The predicted octanol–water partition coefficient (Wildman–Crippen LogP) is 2.05. The Bertz CT molecular complexity index is 599. The van der Waals surface area contributed by atoms with E-state index in [0.717, 1.165) is 37.6 Å². The van der Waals surface area contributed by atoms with Crippen LogP contribution in [-0.2, 0) is 4.79 Å².